The monoisotopic (exact) mass is 173 g/mol. The van der Waals surface area contributed by atoms with Gasteiger partial charge < -0.3 is 10.5 Å². The van der Waals surface area contributed by atoms with E-state index in [1.807, 2.05) is 0 Å². The van der Waals surface area contributed by atoms with Crippen LogP contribution < -0.4 is 5.73 Å². The molecular weight excluding hydrogens is 165 g/mol. The molecule has 0 heterocycles. The molecule has 0 amide bonds. The highest BCUT2D eigenvalue weighted by atomic mass is 35.5. The molecule has 0 saturated carbocycles. The zero-order chi connectivity index (χ0) is 6.57. The summed E-state index contributed by atoms with van der Waals surface area (Å²) in [5, 5.41) is 0. The van der Waals surface area contributed by atoms with Gasteiger partial charge in [-0.25, -0.2) is 0 Å². The van der Waals surface area contributed by atoms with E-state index in [0.717, 1.165) is 0 Å². The fourth-order valence-corrected chi connectivity index (χ4v) is 0.293. The summed E-state index contributed by atoms with van der Waals surface area (Å²) in [4.78, 5) is 10.3. The third-order valence-electron chi connectivity index (χ3n) is 0.569. The minimum atomic E-state index is -0.575. The first kappa shape index (κ1) is 11.8. The van der Waals surface area contributed by atoms with Crippen molar-refractivity contribution in [1.82, 2.24) is 0 Å². The van der Waals surface area contributed by atoms with Crippen molar-refractivity contribution >= 4 is 30.0 Å². The van der Waals surface area contributed by atoms with Crippen LogP contribution in [-0.2, 0) is 9.53 Å². The Bertz CT molecular complexity index is 86.6. The highest BCUT2D eigenvalue weighted by Crippen LogP contribution is 1.84. The molecule has 0 aliphatic carbocycles. The maximum atomic E-state index is 10.3. The number of halogens is 2. The number of carbonyl (C=O) groups is 1. The van der Waals surface area contributed by atoms with Gasteiger partial charge in [0.1, 0.15) is 6.04 Å². The van der Waals surface area contributed by atoms with Crippen LogP contribution in [0, 0.1) is 0 Å². The molecule has 0 bridgehead atoms. The van der Waals surface area contributed by atoms with E-state index in [-0.39, 0.29) is 18.5 Å². The van der Waals surface area contributed by atoms with Gasteiger partial charge >= 0.3 is 5.97 Å². The van der Waals surface area contributed by atoms with Crippen molar-refractivity contribution in [2.75, 3.05) is 6.07 Å². The Labute approximate surface area is 64.9 Å². The van der Waals surface area contributed by atoms with Gasteiger partial charge in [-0.3, -0.25) is 4.79 Å². The molecule has 5 heteroatoms. The number of alkyl halides is 1. The minimum Gasteiger partial charge on any atom is -0.448 e. The molecule has 9 heavy (non-hydrogen) atoms. The molecule has 0 saturated heterocycles. The Hall–Kier alpha value is 0.01000. The summed E-state index contributed by atoms with van der Waals surface area (Å²) >= 11 is 5.04. The van der Waals surface area contributed by atoms with Crippen molar-refractivity contribution < 1.29 is 9.53 Å². The van der Waals surface area contributed by atoms with Crippen molar-refractivity contribution in [3.8, 4) is 0 Å². The smallest absolute Gasteiger partial charge is 0.323 e. The summed E-state index contributed by atoms with van der Waals surface area (Å²) in [5.41, 5.74) is 5.09. The molecular formula is C4H9Cl2NO2. The Kier molecular flexibility index (Phi) is 8.02. The molecule has 0 fully saturated rings. The summed E-state index contributed by atoms with van der Waals surface area (Å²) < 4.78 is 4.30. The molecule has 0 spiro atoms. The Balaban J connectivity index is 0. The Morgan fingerprint density at radius 2 is 2.33 bits per heavy atom. The van der Waals surface area contributed by atoms with Crippen molar-refractivity contribution in [3.63, 3.8) is 0 Å². The van der Waals surface area contributed by atoms with Gasteiger partial charge in [-0.15, -0.1) is 12.4 Å². The van der Waals surface area contributed by atoms with E-state index < -0.39 is 12.0 Å². The lowest BCUT2D eigenvalue weighted by molar-refractivity contribution is -0.142. The second-order valence-electron chi connectivity index (χ2n) is 1.36. The van der Waals surface area contributed by atoms with Crippen LogP contribution in [0.5, 0.6) is 0 Å². The highest BCUT2D eigenvalue weighted by molar-refractivity contribution is 6.17. The summed E-state index contributed by atoms with van der Waals surface area (Å²) in [7, 11) is 0. The van der Waals surface area contributed by atoms with Crippen LogP contribution in [-0.4, -0.2) is 18.1 Å². The van der Waals surface area contributed by atoms with Gasteiger partial charge in [0.05, 0.1) is 0 Å². The van der Waals surface area contributed by atoms with Crippen LogP contribution in [0.1, 0.15) is 6.92 Å². The lowest BCUT2D eigenvalue weighted by Crippen LogP contribution is -2.28. The van der Waals surface area contributed by atoms with Gasteiger partial charge in [0.2, 0.25) is 0 Å². The number of ether oxygens (including phenoxy) is 1. The third-order valence-corrected chi connectivity index (χ3v) is 0.678. The van der Waals surface area contributed by atoms with Crippen LogP contribution in [0.25, 0.3) is 0 Å². The number of carbonyl (C=O) groups excluding carboxylic acids is 1. The van der Waals surface area contributed by atoms with Crippen LogP contribution in [0.2, 0.25) is 0 Å². The second kappa shape index (κ2) is 6.13. The maximum Gasteiger partial charge on any atom is 0.323 e. The van der Waals surface area contributed by atoms with E-state index >= 15 is 0 Å². The molecule has 1 atom stereocenters. The predicted molar refractivity (Wildman–Crippen MR) is 37.7 cm³/mol. The quantitative estimate of drug-likeness (QED) is 0.489. The Morgan fingerprint density at radius 1 is 1.89 bits per heavy atom. The SMILES string of the molecule is C[C@@H](N)C(=O)OCCl.Cl. The third kappa shape index (κ3) is 5.89. The molecule has 0 aromatic carbocycles. The van der Waals surface area contributed by atoms with Crippen LogP contribution in [0.15, 0.2) is 0 Å². The highest BCUT2D eigenvalue weighted by Gasteiger charge is 2.05. The average molecular weight is 174 g/mol. The summed E-state index contributed by atoms with van der Waals surface area (Å²) in [6.45, 7) is 1.54. The molecule has 0 aromatic rings. The van der Waals surface area contributed by atoms with Crippen molar-refractivity contribution in [2.45, 2.75) is 13.0 Å². The topological polar surface area (TPSA) is 52.3 Å². The Morgan fingerprint density at radius 3 is 2.44 bits per heavy atom. The summed E-state index contributed by atoms with van der Waals surface area (Å²) in [5.74, 6) is -0.472. The number of hydrogen-bond donors (Lipinski definition) is 1. The molecule has 0 aliphatic heterocycles. The van der Waals surface area contributed by atoms with E-state index in [9.17, 15) is 4.79 Å². The van der Waals surface area contributed by atoms with Crippen LogP contribution in [0.4, 0.5) is 0 Å². The maximum absolute atomic E-state index is 10.3. The summed E-state index contributed by atoms with van der Waals surface area (Å²) in [6, 6.07) is -0.700. The van der Waals surface area contributed by atoms with Gasteiger partial charge in [0.15, 0.2) is 6.07 Å². The van der Waals surface area contributed by atoms with Crippen molar-refractivity contribution in [2.24, 2.45) is 5.73 Å². The van der Waals surface area contributed by atoms with Crippen molar-refractivity contribution in [3.05, 3.63) is 0 Å². The molecule has 0 aromatic heterocycles. The standard InChI is InChI=1S/C4H8ClNO2.ClH/c1-3(6)4(7)8-2-5;/h3H,2,6H2,1H3;1H/t3-;/m1./s1. The van der Waals surface area contributed by atoms with Crippen LogP contribution >= 0.6 is 24.0 Å². The fraction of sp³-hybridized carbons (Fsp3) is 0.750. The van der Waals surface area contributed by atoms with E-state index in [1.165, 1.54) is 6.92 Å². The molecule has 0 aliphatic rings. The second-order valence-corrected chi connectivity index (χ2v) is 1.58. The van der Waals surface area contributed by atoms with E-state index in [1.54, 1.807) is 0 Å². The van der Waals surface area contributed by atoms with Crippen LogP contribution in [0.3, 0.4) is 0 Å². The van der Waals surface area contributed by atoms with E-state index in [4.69, 9.17) is 17.3 Å². The minimum absolute atomic E-state index is 0. The number of rotatable bonds is 2. The van der Waals surface area contributed by atoms with Gasteiger partial charge in [-0.1, -0.05) is 11.6 Å². The molecule has 0 unspecified atom stereocenters. The molecule has 3 nitrogen and oxygen atoms in total. The first-order valence-electron chi connectivity index (χ1n) is 2.16. The molecule has 2 N–H and O–H groups in total. The summed E-state index contributed by atoms with van der Waals surface area (Å²) in [6.07, 6.45) is 0. The van der Waals surface area contributed by atoms with Crippen molar-refractivity contribution in [1.29, 1.82) is 0 Å². The van der Waals surface area contributed by atoms with E-state index in [2.05, 4.69) is 4.74 Å². The fourth-order valence-electron chi connectivity index (χ4n) is 0.185. The normalized spacial score (nSPS) is 11.4. The lowest BCUT2D eigenvalue weighted by atomic mass is 10.4. The molecule has 0 rings (SSSR count). The van der Waals surface area contributed by atoms with Gasteiger partial charge in [0, 0.05) is 0 Å². The largest absolute Gasteiger partial charge is 0.448 e. The zero-order valence-electron chi connectivity index (χ0n) is 4.96. The van der Waals surface area contributed by atoms with Gasteiger partial charge in [-0.2, -0.15) is 0 Å². The zero-order valence-corrected chi connectivity index (χ0v) is 6.54. The van der Waals surface area contributed by atoms with Gasteiger partial charge in [-0.05, 0) is 6.92 Å². The predicted octanol–water partition coefficient (Wildman–Crippen LogP) is 0.495. The molecule has 56 valence electrons. The first-order valence-corrected chi connectivity index (χ1v) is 2.70. The van der Waals surface area contributed by atoms with E-state index in [0.29, 0.717) is 0 Å². The van der Waals surface area contributed by atoms with Gasteiger partial charge in [0.25, 0.3) is 0 Å². The number of nitrogens with two attached hydrogens (primary N) is 1. The lowest BCUT2D eigenvalue weighted by Gasteiger charge is -2.01. The molecule has 0 radical (unpaired) electrons. The number of esters is 1. The average Bonchev–Trinajstić information content (AvgIpc) is 1.67. The number of hydrogen-bond acceptors (Lipinski definition) is 3. The first-order chi connectivity index (χ1) is 3.68.